The number of aromatic nitrogens is 1. The summed E-state index contributed by atoms with van der Waals surface area (Å²) in [6.45, 7) is 7.10. The largest absolute Gasteiger partial charge is 0.480 e. The minimum atomic E-state index is -1.30. The van der Waals surface area contributed by atoms with E-state index in [1.807, 2.05) is 0 Å². The molecule has 0 saturated heterocycles. The van der Waals surface area contributed by atoms with E-state index in [4.69, 9.17) is 9.47 Å². The van der Waals surface area contributed by atoms with Crippen LogP contribution in [-0.4, -0.2) is 40.4 Å². The molecule has 0 aliphatic carbocycles. The van der Waals surface area contributed by atoms with Gasteiger partial charge in [-0.2, -0.15) is 0 Å². The van der Waals surface area contributed by atoms with Gasteiger partial charge in [-0.05, 0) is 43.6 Å². The lowest BCUT2D eigenvalue weighted by Crippen LogP contribution is -2.47. The summed E-state index contributed by atoms with van der Waals surface area (Å²) in [5.41, 5.74) is -0.724. The highest BCUT2D eigenvalue weighted by atomic mass is 79.9. The van der Waals surface area contributed by atoms with Crippen LogP contribution in [0.25, 0.3) is 0 Å². The summed E-state index contributed by atoms with van der Waals surface area (Å²) in [6, 6.07) is -1.30. The number of carboxylic acids is 1. The number of nitrogens with zero attached hydrogens (tertiary/aromatic N) is 1. The second-order valence-corrected chi connectivity index (χ2v) is 7.05. The van der Waals surface area contributed by atoms with E-state index >= 15 is 0 Å². The molecule has 1 unspecified atom stereocenters. The van der Waals surface area contributed by atoms with E-state index < -0.39 is 29.8 Å². The van der Waals surface area contributed by atoms with Crippen molar-refractivity contribution >= 4 is 39.3 Å². The molecule has 0 aliphatic rings. The first-order chi connectivity index (χ1) is 10.1. The molecule has 1 heterocycles. The van der Waals surface area contributed by atoms with Gasteiger partial charge in [0, 0.05) is 12.0 Å². The van der Waals surface area contributed by atoms with Crippen molar-refractivity contribution in [2.45, 2.75) is 45.4 Å². The fourth-order valence-corrected chi connectivity index (χ4v) is 2.94. The molecule has 0 spiro atoms. The Morgan fingerprint density at radius 3 is 2.55 bits per heavy atom. The standard InChI is InChI=1S/C13H19BrN2O5S/c1-5-20-9(10-15-7(14)6-22-10)8(11(17)18)16-12(19)21-13(2,3)4/h6,8-9H,5H2,1-4H3,(H,16,19)(H,17,18)/t8?,9-/m0/s1. The van der Waals surface area contributed by atoms with Crippen LogP contribution in [0.4, 0.5) is 4.79 Å². The number of carbonyl (C=O) groups is 2. The zero-order chi connectivity index (χ0) is 16.9. The van der Waals surface area contributed by atoms with Crippen LogP contribution in [0.2, 0.25) is 0 Å². The number of nitrogens with one attached hydrogen (secondary N) is 1. The van der Waals surface area contributed by atoms with E-state index in [2.05, 4.69) is 26.2 Å². The molecular weight excluding hydrogens is 376 g/mol. The number of thiazole rings is 1. The SMILES string of the molecule is CCO[C@H](c1nc(Br)cs1)C(NC(=O)OC(C)(C)C)C(=O)O. The van der Waals surface area contributed by atoms with Gasteiger partial charge in [0.2, 0.25) is 0 Å². The van der Waals surface area contributed by atoms with Crippen molar-refractivity contribution in [2.75, 3.05) is 6.61 Å². The van der Waals surface area contributed by atoms with Crippen LogP contribution >= 0.6 is 27.3 Å². The lowest BCUT2D eigenvalue weighted by molar-refractivity contribution is -0.144. The van der Waals surface area contributed by atoms with Gasteiger partial charge in [-0.1, -0.05) is 0 Å². The summed E-state index contributed by atoms with van der Waals surface area (Å²) in [5, 5.41) is 13.9. The van der Waals surface area contributed by atoms with Gasteiger partial charge >= 0.3 is 12.1 Å². The lowest BCUT2D eigenvalue weighted by atomic mass is 10.1. The van der Waals surface area contributed by atoms with Crippen molar-refractivity contribution in [3.05, 3.63) is 15.0 Å². The van der Waals surface area contributed by atoms with Crippen LogP contribution in [0.1, 0.15) is 38.8 Å². The average Bonchev–Trinajstić information content (AvgIpc) is 2.77. The second-order valence-electron chi connectivity index (χ2n) is 5.35. The molecule has 0 radical (unpaired) electrons. The Morgan fingerprint density at radius 1 is 1.50 bits per heavy atom. The quantitative estimate of drug-likeness (QED) is 0.769. The first kappa shape index (κ1) is 18.9. The van der Waals surface area contributed by atoms with Crippen LogP contribution < -0.4 is 5.32 Å². The third kappa shape index (κ3) is 5.90. The van der Waals surface area contributed by atoms with Crippen molar-refractivity contribution in [1.29, 1.82) is 0 Å². The van der Waals surface area contributed by atoms with Crippen molar-refractivity contribution < 1.29 is 24.2 Å². The van der Waals surface area contributed by atoms with Crippen LogP contribution in [-0.2, 0) is 14.3 Å². The molecule has 0 bridgehead atoms. The van der Waals surface area contributed by atoms with Gasteiger partial charge in [0.15, 0.2) is 6.04 Å². The molecule has 2 atom stereocenters. The number of ether oxygens (including phenoxy) is 2. The van der Waals surface area contributed by atoms with Gasteiger partial charge in [-0.3, -0.25) is 0 Å². The number of aliphatic carboxylic acids is 1. The molecule has 1 rings (SSSR count). The highest BCUT2D eigenvalue weighted by Gasteiger charge is 2.35. The van der Waals surface area contributed by atoms with Gasteiger partial charge in [0.1, 0.15) is 21.3 Å². The second kappa shape index (κ2) is 7.89. The zero-order valence-electron chi connectivity index (χ0n) is 12.8. The summed E-state index contributed by atoms with van der Waals surface area (Å²) in [7, 11) is 0. The maximum absolute atomic E-state index is 11.8. The number of amides is 1. The van der Waals surface area contributed by atoms with Crippen LogP contribution in [0.15, 0.2) is 9.98 Å². The molecule has 1 aromatic rings. The predicted molar refractivity (Wildman–Crippen MR) is 85.0 cm³/mol. The average molecular weight is 395 g/mol. The van der Waals surface area contributed by atoms with E-state index in [-0.39, 0.29) is 6.61 Å². The maximum Gasteiger partial charge on any atom is 0.408 e. The molecule has 0 aromatic carbocycles. The summed E-state index contributed by atoms with van der Waals surface area (Å²) in [6.07, 6.45) is -1.72. The molecule has 0 fully saturated rings. The molecule has 9 heteroatoms. The Labute approximate surface area is 141 Å². The Hall–Kier alpha value is -1.19. The summed E-state index contributed by atoms with van der Waals surface area (Å²) < 4.78 is 11.1. The van der Waals surface area contributed by atoms with Crippen LogP contribution in [0, 0.1) is 0 Å². The highest BCUT2D eigenvalue weighted by molar-refractivity contribution is 9.10. The molecule has 7 nitrogen and oxygen atoms in total. The molecule has 124 valence electrons. The van der Waals surface area contributed by atoms with E-state index in [1.165, 1.54) is 11.3 Å². The Kier molecular flexibility index (Phi) is 6.76. The number of hydrogen-bond donors (Lipinski definition) is 2. The minimum Gasteiger partial charge on any atom is -0.480 e. The predicted octanol–water partition coefficient (Wildman–Crippen LogP) is 2.96. The Morgan fingerprint density at radius 2 is 2.14 bits per heavy atom. The molecule has 2 N–H and O–H groups in total. The first-order valence-electron chi connectivity index (χ1n) is 6.59. The number of rotatable bonds is 6. The van der Waals surface area contributed by atoms with E-state index in [0.29, 0.717) is 9.61 Å². The van der Waals surface area contributed by atoms with Gasteiger partial charge in [0.25, 0.3) is 0 Å². The normalized spacial score (nSPS) is 14.2. The molecule has 0 aliphatic heterocycles. The molecule has 22 heavy (non-hydrogen) atoms. The topological polar surface area (TPSA) is 97.8 Å². The molecule has 1 aromatic heterocycles. The number of hydrogen-bond acceptors (Lipinski definition) is 6. The van der Waals surface area contributed by atoms with Gasteiger partial charge in [-0.15, -0.1) is 11.3 Å². The highest BCUT2D eigenvalue weighted by Crippen LogP contribution is 2.27. The third-order valence-electron chi connectivity index (χ3n) is 2.32. The number of carbonyl (C=O) groups excluding carboxylic acids is 1. The Bertz CT molecular complexity index is 529. The van der Waals surface area contributed by atoms with Gasteiger partial charge < -0.3 is 19.9 Å². The summed E-state index contributed by atoms with van der Waals surface area (Å²) in [4.78, 5) is 27.5. The number of carboxylic acid groups (broad SMARTS) is 1. The molecule has 1 amide bonds. The Balaban J connectivity index is 2.94. The van der Waals surface area contributed by atoms with E-state index in [1.54, 1.807) is 33.1 Å². The van der Waals surface area contributed by atoms with Crippen LogP contribution in [0.5, 0.6) is 0 Å². The first-order valence-corrected chi connectivity index (χ1v) is 8.26. The summed E-state index contributed by atoms with van der Waals surface area (Å²) >= 11 is 4.46. The van der Waals surface area contributed by atoms with E-state index in [0.717, 1.165) is 0 Å². The molecule has 0 saturated carbocycles. The van der Waals surface area contributed by atoms with E-state index in [9.17, 15) is 14.7 Å². The van der Waals surface area contributed by atoms with Gasteiger partial charge in [-0.25, -0.2) is 14.6 Å². The third-order valence-corrected chi connectivity index (χ3v) is 3.94. The maximum atomic E-state index is 11.8. The van der Waals surface area contributed by atoms with Gasteiger partial charge in [0.05, 0.1) is 0 Å². The van der Waals surface area contributed by atoms with Crippen molar-refractivity contribution in [1.82, 2.24) is 10.3 Å². The smallest absolute Gasteiger partial charge is 0.408 e. The van der Waals surface area contributed by atoms with Crippen LogP contribution in [0.3, 0.4) is 0 Å². The monoisotopic (exact) mass is 394 g/mol. The van der Waals surface area contributed by atoms with Crippen molar-refractivity contribution in [3.63, 3.8) is 0 Å². The number of alkyl carbamates (subject to hydrolysis) is 1. The lowest BCUT2D eigenvalue weighted by Gasteiger charge is -2.25. The molecular formula is C13H19BrN2O5S. The summed E-state index contributed by atoms with van der Waals surface area (Å²) in [5.74, 6) is -1.23. The number of halogens is 1. The fraction of sp³-hybridized carbons (Fsp3) is 0.615. The van der Waals surface area contributed by atoms with Crippen molar-refractivity contribution in [3.8, 4) is 0 Å². The fourth-order valence-electron chi connectivity index (χ4n) is 1.59. The van der Waals surface area contributed by atoms with Crippen molar-refractivity contribution in [2.24, 2.45) is 0 Å². The minimum absolute atomic E-state index is 0.279. The zero-order valence-corrected chi connectivity index (χ0v) is 15.2.